The fourth-order valence-corrected chi connectivity index (χ4v) is 1.82. The van der Waals surface area contributed by atoms with E-state index in [4.69, 9.17) is 9.90 Å². The number of phenols is 1. The van der Waals surface area contributed by atoms with Crippen LogP contribution in [0.1, 0.15) is 33.1 Å². The molecule has 0 bridgehead atoms. The summed E-state index contributed by atoms with van der Waals surface area (Å²) in [7, 11) is 0. The summed E-state index contributed by atoms with van der Waals surface area (Å²) in [6, 6.07) is 7.36. The molecule has 0 aliphatic carbocycles. The average molecular weight is 280 g/mol. The van der Waals surface area contributed by atoms with Crippen LogP contribution in [0.5, 0.6) is 5.75 Å². The normalized spacial score (nSPS) is 8.74. The van der Waals surface area contributed by atoms with Crippen molar-refractivity contribution in [1.82, 2.24) is 0 Å². The molecule has 4 heteroatoms. The highest BCUT2D eigenvalue weighted by molar-refractivity contribution is 7.99. The number of carboxylic acid groups (broad SMARTS) is 1. The zero-order chi connectivity index (χ0) is 14.5. The minimum absolute atomic E-state index is 0.345. The third-order valence-corrected chi connectivity index (χ3v) is 2.89. The first-order valence-corrected chi connectivity index (χ1v) is 7.12. The fraction of sp³-hybridized carbons (Fsp3) is 0.400. The fourth-order valence-electron chi connectivity index (χ4n) is 1.10. The van der Waals surface area contributed by atoms with E-state index in [0.717, 1.165) is 24.0 Å². The minimum atomic E-state index is -0.833. The quantitative estimate of drug-likeness (QED) is 0.501. The lowest BCUT2D eigenvalue weighted by atomic mass is 10.3. The van der Waals surface area contributed by atoms with Crippen molar-refractivity contribution in [2.24, 2.45) is 0 Å². The highest BCUT2D eigenvalue weighted by Gasteiger charge is 1.97. The number of hydrogen-bond acceptors (Lipinski definition) is 3. The van der Waals surface area contributed by atoms with Gasteiger partial charge >= 0.3 is 0 Å². The number of unbranched alkanes of at least 4 members (excludes halogenated alkanes) is 2. The Kier molecular flexibility index (Phi) is 10.5. The van der Waals surface area contributed by atoms with Gasteiger partial charge in [-0.1, -0.05) is 31.4 Å². The molecule has 0 unspecified atom stereocenters. The Morgan fingerprint density at radius 2 is 1.95 bits per heavy atom. The smallest absolute Gasteiger partial charge is 0.300 e. The van der Waals surface area contributed by atoms with Crippen LogP contribution in [-0.4, -0.2) is 21.9 Å². The first kappa shape index (κ1) is 17.4. The van der Waals surface area contributed by atoms with Gasteiger partial charge in [0.05, 0.1) is 10.6 Å². The van der Waals surface area contributed by atoms with E-state index in [2.05, 4.69) is 18.8 Å². The number of rotatable bonds is 4. The number of carboxylic acids is 1. The molecule has 2 N–H and O–H groups in total. The molecule has 0 saturated carbocycles. The molecule has 0 aromatic heterocycles. The van der Waals surface area contributed by atoms with Crippen molar-refractivity contribution in [3.8, 4) is 17.6 Å². The first-order chi connectivity index (χ1) is 9.07. The minimum Gasteiger partial charge on any atom is -0.507 e. The summed E-state index contributed by atoms with van der Waals surface area (Å²) in [5.74, 6) is 6.48. The van der Waals surface area contributed by atoms with Gasteiger partial charge in [0.2, 0.25) is 0 Å². The van der Waals surface area contributed by atoms with Gasteiger partial charge in [-0.3, -0.25) is 4.79 Å². The molecule has 0 saturated heterocycles. The Labute approximate surface area is 119 Å². The second kappa shape index (κ2) is 11.5. The molecular formula is C15H20O3S. The van der Waals surface area contributed by atoms with Gasteiger partial charge in [0.15, 0.2) is 0 Å². The summed E-state index contributed by atoms with van der Waals surface area (Å²) in [5, 5.41) is 16.9. The van der Waals surface area contributed by atoms with E-state index < -0.39 is 5.97 Å². The van der Waals surface area contributed by atoms with Crippen molar-refractivity contribution < 1.29 is 15.0 Å². The second-order valence-electron chi connectivity index (χ2n) is 3.73. The number of thioether (sulfide) groups is 1. The molecule has 0 aliphatic heterocycles. The third kappa shape index (κ3) is 11.2. The van der Waals surface area contributed by atoms with Crippen LogP contribution in [0, 0.1) is 11.8 Å². The van der Waals surface area contributed by atoms with Gasteiger partial charge in [-0.15, -0.1) is 17.7 Å². The highest BCUT2D eigenvalue weighted by atomic mass is 32.2. The highest BCUT2D eigenvalue weighted by Crippen LogP contribution is 2.26. The van der Waals surface area contributed by atoms with E-state index in [9.17, 15) is 5.11 Å². The Morgan fingerprint density at radius 1 is 1.32 bits per heavy atom. The van der Waals surface area contributed by atoms with E-state index >= 15 is 0 Å². The molecule has 0 aliphatic rings. The molecular weight excluding hydrogens is 260 g/mol. The van der Waals surface area contributed by atoms with E-state index in [1.165, 1.54) is 12.8 Å². The van der Waals surface area contributed by atoms with Crippen LogP contribution in [0.2, 0.25) is 0 Å². The Balaban J connectivity index is 0.000000711. The number of para-hydroxylation sites is 1. The van der Waals surface area contributed by atoms with Crippen molar-refractivity contribution in [3.63, 3.8) is 0 Å². The maximum Gasteiger partial charge on any atom is 0.300 e. The molecule has 0 amide bonds. The summed E-state index contributed by atoms with van der Waals surface area (Å²) in [5.41, 5.74) is 0. The third-order valence-electron chi connectivity index (χ3n) is 1.95. The van der Waals surface area contributed by atoms with E-state index in [1.807, 2.05) is 18.2 Å². The summed E-state index contributed by atoms with van der Waals surface area (Å²) in [6.07, 6.45) is 3.35. The van der Waals surface area contributed by atoms with Crippen molar-refractivity contribution in [2.75, 3.05) is 5.75 Å². The van der Waals surface area contributed by atoms with Gasteiger partial charge in [-0.25, -0.2) is 0 Å². The number of phenolic OH excluding ortho intramolecular Hbond substituents is 1. The average Bonchev–Trinajstić information content (AvgIpc) is 2.35. The monoisotopic (exact) mass is 280 g/mol. The number of hydrogen-bond donors (Lipinski definition) is 2. The van der Waals surface area contributed by atoms with Crippen LogP contribution < -0.4 is 0 Å². The van der Waals surface area contributed by atoms with Crippen LogP contribution in [0.3, 0.4) is 0 Å². The van der Waals surface area contributed by atoms with Crippen molar-refractivity contribution >= 4 is 17.7 Å². The lowest BCUT2D eigenvalue weighted by Gasteiger charge is -1.99. The van der Waals surface area contributed by atoms with Crippen molar-refractivity contribution in [2.45, 2.75) is 38.0 Å². The van der Waals surface area contributed by atoms with Gasteiger partial charge < -0.3 is 10.2 Å². The Morgan fingerprint density at radius 3 is 2.53 bits per heavy atom. The molecule has 0 spiro atoms. The Bertz CT molecular complexity index is 429. The standard InChI is InChI=1S/C13H16OS.C2H4O2/c1-2-3-4-5-8-11-15-13-10-7-6-9-12(13)14;1-2(3)4/h6-7,9-10,14H,2-4,11H2,1H3;1H3,(H,3,4). The van der Waals surface area contributed by atoms with Crippen molar-refractivity contribution in [1.29, 1.82) is 0 Å². The molecule has 104 valence electrons. The molecule has 0 atom stereocenters. The molecule has 1 aromatic rings. The zero-order valence-corrected chi connectivity index (χ0v) is 12.2. The molecule has 3 nitrogen and oxygen atoms in total. The van der Waals surface area contributed by atoms with Crippen LogP contribution in [0.25, 0.3) is 0 Å². The summed E-state index contributed by atoms with van der Waals surface area (Å²) >= 11 is 1.58. The largest absolute Gasteiger partial charge is 0.507 e. The molecule has 0 heterocycles. The van der Waals surface area contributed by atoms with E-state index in [0.29, 0.717) is 5.75 Å². The molecule has 1 rings (SSSR count). The van der Waals surface area contributed by atoms with Gasteiger partial charge in [-0.05, 0) is 18.6 Å². The lowest BCUT2D eigenvalue weighted by Crippen LogP contribution is -1.78. The van der Waals surface area contributed by atoms with Gasteiger partial charge in [0.25, 0.3) is 5.97 Å². The maximum atomic E-state index is 9.48. The van der Waals surface area contributed by atoms with Crippen LogP contribution in [0.4, 0.5) is 0 Å². The van der Waals surface area contributed by atoms with Gasteiger partial charge in [0, 0.05) is 13.3 Å². The predicted molar refractivity (Wildman–Crippen MR) is 79.4 cm³/mol. The number of aromatic hydroxyl groups is 1. The molecule has 19 heavy (non-hydrogen) atoms. The van der Waals surface area contributed by atoms with Crippen molar-refractivity contribution in [3.05, 3.63) is 24.3 Å². The summed E-state index contributed by atoms with van der Waals surface area (Å²) in [4.78, 5) is 9.90. The van der Waals surface area contributed by atoms with E-state index in [1.54, 1.807) is 17.8 Å². The molecule has 0 fully saturated rings. The molecule has 0 radical (unpaired) electrons. The Hall–Kier alpha value is -1.60. The molecule has 1 aromatic carbocycles. The zero-order valence-electron chi connectivity index (χ0n) is 11.3. The second-order valence-corrected chi connectivity index (χ2v) is 4.75. The topological polar surface area (TPSA) is 57.5 Å². The number of benzene rings is 1. The number of aliphatic carboxylic acids is 1. The number of carbonyl (C=O) groups is 1. The SMILES string of the molecule is CC(=O)O.CCCCC#CCSc1ccccc1O. The van der Waals surface area contributed by atoms with E-state index in [-0.39, 0.29) is 0 Å². The predicted octanol–water partition coefficient (Wildman–Crippen LogP) is 3.77. The van der Waals surface area contributed by atoms with Gasteiger partial charge in [0.1, 0.15) is 5.75 Å². The van der Waals surface area contributed by atoms with Gasteiger partial charge in [-0.2, -0.15) is 0 Å². The van der Waals surface area contributed by atoms with Crippen LogP contribution >= 0.6 is 11.8 Å². The maximum absolute atomic E-state index is 9.48. The summed E-state index contributed by atoms with van der Waals surface area (Å²) in [6.45, 7) is 3.25. The van der Waals surface area contributed by atoms with Crippen LogP contribution in [0.15, 0.2) is 29.2 Å². The summed E-state index contributed by atoms with van der Waals surface area (Å²) < 4.78 is 0. The first-order valence-electron chi connectivity index (χ1n) is 6.14. The lowest BCUT2D eigenvalue weighted by molar-refractivity contribution is -0.134. The van der Waals surface area contributed by atoms with Crippen LogP contribution in [-0.2, 0) is 4.79 Å².